The first-order valence-corrected chi connectivity index (χ1v) is 29.5. The van der Waals surface area contributed by atoms with Gasteiger partial charge in [0.15, 0.2) is 0 Å². The Morgan fingerprint density at radius 2 is 1.08 bits per heavy atom. The second kappa shape index (κ2) is 12.9. The van der Waals surface area contributed by atoms with E-state index in [1.807, 2.05) is 0 Å². The molecule has 66 heavy (non-hydrogen) atoms. The summed E-state index contributed by atoms with van der Waals surface area (Å²) in [5.74, 6) is 0. The van der Waals surface area contributed by atoms with E-state index < -0.39 is 8.07 Å². The van der Waals surface area contributed by atoms with Gasteiger partial charge < -0.3 is 14.4 Å². The highest BCUT2D eigenvalue weighted by atomic mass is 28.3. The summed E-state index contributed by atoms with van der Waals surface area (Å²) in [5.41, 5.74) is 22.0. The van der Waals surface area contributed by atoms with Crippen molar-refractivity contribution >= 4 is 80.9 Å². The van der Waals surface area contributed by atoms with E-state index in [4.69, 9.17) is 0 Å². The zero-order chi connectivity index (χ0) is 46.8. The number of rotatable bonds is 2. The molecule has 3 nitrogen and oxygen atoms in total. The van der Waals surface area contributed by atoms with Crippen molar-refractivity contribution < 1.29 is 0 Å². The Labute approximate surface area is 398 Å². The Hall–Kier alpha value is -4.22. The van der Waals surface area contributed by atoms with Gasteiger partial charge in [0.1, 0.15) is 0 Å². The summed E-state index contributed by atoms with van der Waals surface area (Å²) in [6.45, 7) is 40.0. The van der Waals surface area contributed by atoms with Crippen molar-refractivity contribution in [2.24, 2.45) is 0 Å². The predicted molar refractivity (Wildman–Crippen MR) is 290 cm³/mol. The molecule has 5 heterocycles. The van der Waals surface area contributed by atoms with Crippen molar-refractivity contribution in [2.45, 2.75) is 199 Å². The van der Waals surface area contributed by atoms with E-state index in [0.29, 0.717) is 0 Å². The van der Waals surface area contributed by atoms with Crippen LogP contribution in [0, 0.1) is 0 Å². The van der Waals surface area contributed by atoms with E-state index in [0.717, 1.165) is 0 Å². The molecule has 2 fully saturated rings. The fraction of sp³-hybridized carbons (Fsp3) is 0.508. The fourth-order valence-corrected chi connectivity index (χ4v) is 16.1. The minimum absolute atomic E-state index is 0.0138. The fourth-order valence-electron chi connectivity index (χ4n) is 14.9. The van der Waals surface area contributed by atoms with Gasteiger partial charge in [-0.3, -0.25) is 0 Å². The van der Waals surface area contributed by atoms with Crippen LogP contribution in [0.2, 0.25) is 19.6 Å². The summed E-state index contributed by atoms with van der Waals surface area (Å²) in [5, 5.41) is 4.38. The number of aromatic nitrogens is 1. The maximum absolute atomic E-state index is 2.98. The summed E-state index contributed by atoms with van der Waals surface area (Å²) >= 11 is 0. The lowest BCUT2D eigenvalue weighted by molar-refractivity contribution is 0.194. The average Bonchev–Trinajstić information content (AvgIpc) is 3.75. The molecule has 2 saturated carbocycles. The Bertz CT molecular complexity index is 3130. The van der Waals surface area contributed by atoms with Crippen LogP contribution in [-0.4, -0.2) is 30.4 Å². The van der Waals surface area contributed by atoms with Gasteiger partial charge in [0, 0.05) is 55.6 Å². The topological polar surface area (TPSA) is 11.4 Å². The maximum Gasteiger partial charge on any atom is 0.252 e. The van der Waals surface area contributed by atoms with Gasteiger partial charge in [-0.15, -0.1) is 0 Å². The Kier molecular flexibility index (Phi) is 8.42. The summed E-state index contributed by atoms with van der Waals surface area (Å²) in [6, 6.07) is 31.3. The van der Waals surface area contributed by atoms with E-state index in [9.17, 15) is 0 Å². The van der Waals surface area contributed by atoms with Crippen molar-refractivity contribution in [2.75, 3.05) is 9.80 Å². The van der Waals surface area contributed by atoms with Gasteiger partial charge in [0.25, 0.3) is 6.71 Å². The van der Waals surface area contributed by atoms with E-state index in [1.165, 1.54) is 135 Å². The molecule has 0 saturated heterocycles. The third-order valence-corrected chi connectivity index (χ3v) is 21.5. The van der Waals surface area contributed by atoms with Crippen LogP contribution in [0.1, 0.15) is 169 Å². The van der Waals surface area contributed by atoms with Crippen molar-refractivity contribution in [1.82, 2.24) is 4.57 Å². The number of hydrogen-bond acceptors (Lipinski definition) is 2. The molecule has 6 aromatic rings. The standard InChI is InChI=1S/C61H76BN3Si/c1-55(2,3)37-21-23-48-42(29-37)43-30-38(56(4,5)6)32-46-53(43)63(48)50-34-40(64-49-24-22-41(66(14,15)16)36-44(49)58(10)25-17-19-27-60(58,64)12)35-51-52(50)62(46)47-33-39(57(7,8)9)31-45-54(47)65(51)61(13)28-20-18-26-59(45,61)11/h21-24,29-36H,17-20,25-28H2,1-16H3. The highest BCUT2D eigenvalue weighted by Crippen LogP contribution is 2.64. The van der Waals surface area contributed by atoms with Crippen LogP contribution in [0.3, 0.4) is 0 Å². The summed E-state index contributed by atoms with van der Waals surface area (Å²) < 4.78 is 2.77. The van der Waals surface area contributed by atoms with Gasteiger partial charge in [-0.05, 0) is 136 Å². The van der Waals surface area contributed by atoms with Crippen LogP contribution in [0.4, 0.5) is 22.7 Å². The third-order valence-electron chi connectivity index (χ3n) is 19.5. The van der Waals surface area contributed by atoms with E-state index in [2.05, 4.69) is 197 Å². The van der Waals surface area contributed by atoms with E-state index >= 15 is 0 Å². The molecule has 0 radical (unpaired) electrons. The Morgan fingerprint density at radius 3 is 1.71 bits per heavy atom. The molecule has 0 bridgehead atoms. The van der Waals surface area contributed by atoms with Crippen LogP contribution >= 0.6 is 0 Å². The number of benzene rings is 5. The molecule has 12 rings (SSSR count). The molecule has 4 atom stereocenters. The smallest absolute Gasteiger partial charge is 0.252 e. The molecule has 0 amide bonds. The van der Waals surface area contributed by atoms with Crippen molar-refractivity contribution in [3.63, 3.8) is 0 Å². The first kappa shape index (κ1) is 43.1. The van der Waals surface area contributed by atoms with Gasteiger partial charge in [0.2, 0.25) is 0 Å². The summed E-state index contributed by atoms with van der Waals surface area (Å²) in [7, 11) is -1.56. The quantitative estimate of drug-likeness (QED) is 0.160. The number of anilines is 4. The molecule has 6 aliphatic rings. The Morgan fingerprint density at radius 1 is 0.515 bits per heavy atom. The molecule has 4 unspecified atom stereocenters. The third kappa shape index (κ3) is 5.28. The molecular formula is C61H76BN3Si. The first-order valence-electron chi connectivity index (χ1n) is 26.0. The molecule has 1 aromatic heterocycles. The zero-order valence-corrected chi connectivity index (χ0v) is 44.5. The van der Waals surface area contributed by atoms with Gasteiger partial charge in [-0.25, -0.2) is 0 Å². The largest absolute Gasteiger partial charge is 0.335 e. The molecule has 0 N–H and O–H groups in total. The first-order chi connectivity index (χ1) is 30.7. The molecule has 342 valence electrons. The van der Waals surface area contributed by atoms with Gasteiger partial charge >= 0.3 is 0 Å². The van der Waals surface area contributed by atoms with Gasteiger partial charge in [0.05, 0.1) is 24.7 Å². The SMILES string of the molecule is CC(C)(C)c1cc2c3c(c1)C1(C)CCCCC1(C)N3c1cc(N3c4ccc([Si](C)(C)C)cc4C4(C)CCCCC34C)cc3c1B2c1cc(C(C)(C)C)cc2c4cc(C(C)(C)C)ccc4n-3c12. The van der Waals surface area contributed by atoms with E-state index in [1.54, 1.807) is 16.3 Å². The highest BCUT2D eigenvalue weighted by molar-refractivity contribution is 7.00. The van der Waals surface area contributed by atoms with Gasteiger partial charge in [-0.1, -0.05) is 163 Å². The molecule has 5 heteroatoms. The minimum atomic E-state index is -1.56. The monoisotopic (exact) mass is 890 g/mol. The minimum Gasteiger partial charge on any atom is -0.335 e. The van der Waals surface area contributed by atoms with Crippen molar-refractivity contribution in [3.8, 4) is 5.69 Å². The van der Waals surface area contributed by atoms with E-state index in [-0.39, 0.29) is 44.9 Å². The lowest BCUT2D eigenvalue weighted by Crippen LogP contribution is -2.64. The summed E-state index contributed by atoms with van der Waals surface area (Å²) in [6.07, 6.45) is 10.00. The number of nitrogens with zero attached hydrogens (tertiary/aromatic N) is 3. The lowest BCUT2D eigenvalue weighted by atomic mass is 9.33. The maximum atomic E-state index is 2.98. The van der Waals surface area contributed by atoms with Crippen molar-refractivity contribution in [3.05, 3.63) is 101 Å². The zero-order valence-electron chi connectivity index (χ0n) is 43.5. The predicted octanol–water partition coefficient (Wildman–Crippen LogP) is 13.8. The van der Waals surface area contributed by atoms with Crippen LogP contribution < -0.4 is 31.4 Å². The number of fused-ring (bicyclic) bond motifs is 13. The normalized spacial score (nSPS) is 26.5. The molecule has 5 aromatic carbocycles. The summed E-state index contributed by atoms with van der Waals surface area (Å²) in [4.78, 5) is 5.88. The molecule has 4 aliphatic heterocycles. The molecule has 0 spiro atoms. The van der Waals surface area contributed by atoms with Crippen LogP contribution in [0.5, 0.6) is 0 Å². The van der Waals surface area contributed by atoms with Crippen LogP contribution in [0.15, 0.2) is 72.8 Å². The second-order valence-corrected chi connectivity index (χ2v) is 32.4. The van der Waals surface area contributed by atoms with Gasteiger partial charge in [-0.2, -0.15) is 0 Å². The average molecular weight is 890 g/mol. The lowest BCUT2D eigenvalue weighted by Gasteiger charge is -2.53. The van der Waals surface area contributed by atoms with Crippen LogP contribution in [-0.2, 0) is 27.1 Å². The Balaban J connectivity index is 1.26. The van der Waals surface area contributed by atoms with Crippen molar-refractivity contribution in [1.29, 1.82) is 0 Å². The highest BCUT2D eigenvalue weighted by Gasteiger charge is 2.63. The second-order valence-electron chi connectivity index (χ2n) is 27.4. The molecule has 2 aliphatic carbocycles. The molecular weight excluding hydrogens is 814 g/mol. The van der Waals surface area contributed by atoms with Crippen LogP contribution in [0.25, 0.3) is 27.5 Å². The number of hydrogen-bond donors (Lipinski definition) is 0.